The van der Waals surface area contributed by atoms with E-state index in [2.05, 4.69) is 24.3 Å². The molecule has 2 N–H and O–H groups in total. The third kappa shape index (κ3) is 3.91. The summed E-state index contributed by atoms with van der Waals surface area (Å²) in [7, 11) is 0. The van der Waals surface area contributed by atoms with Crippen LogP contribution in [0.15, 0.2) is 60.0 Å². The second-order valence-electron chi connectivity index (χ2n) is 6.83. The first-order chi connectivity index (χ1) is 11.8. The first-order valence-electron chi connectivity index (χ1n) is 8.11. The van der Waals surface area contributed by atoms with E-state index in [-0.39, 0.29) is 5.97 Å². The Morgan fingerprint density at radius 2 is 1.48 bits per heavy atom. The normalized spacial score (nSPS) is 11.3. The van der Waals surface area contributed by atoms with Gasteiger partial charge in [-0.3, -0.25) is 0 Å². The fourth-order valence-electron chi connectivity index (χ4n) is 2.60. The van der Waals surface area contributed by atoms with Crippen molar-refractivity contribution in [3.63, 3.8) is 0 Å². The van der Waals surface area contributed by atoms with Crippen LogP contribution < -0.4 is 5.73 Å². The van der Waals surface area contributed by atoms with Crippen LogP contribution in [0.1, 0.15) is 31.1 Å². The number of nitrogen functional groups attached to an aromatic ring is 1. The number of thiophene rings is 1. The van der Waals surface area contributed by atoms with Gasteiger partial charge in [0.25, 0.3) is 0 Å². The molecule has 1 aromatic heterocycles. The Morgan fingerprint density at radius 3 is 2.08 bits per heavy atom. The monoisotopic (exact) mass is 351 g/mol. The molecule has 0 atom stereocenters. The largest absolute Gasteiger partial charge is 0.456 e. The van der Waals surface area contributed by atoms with E-state index in [1.807, 2.05) is 56.5 Å². The van der Waals surface area contributed by atoms with Crippen molar-refractivity contribution in [3.05, 3.63) is 65.5 Å². The fraction of sp³-hybridized carbons (Fsp3) is 0.190. The minimum Gasteiger partial charge on any atom is -0.456 e. The number of hydrogen-bond donors (Lipinski definition) is 1. The molecule has 0 radical (unpaired) electrons. The second kappa shape index (κ2) is 6.73. The summed E-state index contributed by atoms with van der Waals surface area (Å²) in [5.74, 6) is -0.381. The minimum absolute atomic E-state index is 0.381. The molecule has 0 aliphatic rings. The van der Waals surface area contributed by atoms with Crippen LogP contribution in [0.4, 0.5) is 5.00 Å². The molecule has 3 nitrogen and oxygen atoms in total. The maximum Gasteiger partial charge on any atom is 0.342 e. The number of anilines is 1. The van der Waals surface area contributed by atoms with E-state index in [9.17, 15) is 4.79 Å². The van der Waals surface area contributed by atoms with Gasteiger partial charge in [0.1, 0.15) is 16.2 Å². The highest BCUT2D eigenvalue weighted by Crippen LogP contribution is 2.35. The molecule has 0 saturated carbocycles. The number of nitrogens with two attached hydrogens (primary N) is 1. The summed E-state index contributed by atoms with van der Waals surface area (Å²) in [5, 5.41) is 2.39. The van der Waals surface area contributed by atoms with E-state index in [0.717, 1.165) is 22.3 Å². The Labute approximate surface area is 152 Å². The first kappa shape index (κ1) is 17.2. The first-order valence-corrected chi connectivity index (χ1v) is 8.99. The number of rotatable bonds is 3. The lowest BCUT2D eigenvalue weighted by atomic mass is 9.99. The van der Waals surface area contributed by atoms with Crippen LogP contribution in [0.3, 0.4) is 0 Å². The SMILES string of the molecule is CC(C)(C)OC(=O)c1c(-c2ccc(-c3ccccc3)cc2)csc1N. The lowest BCUT2D eigenvalue weighted by molar-refractivity contribution is 0.00722. The van der Waals surface area contributed by atoms with Gasteiger partial charge in [-0.25, -0.2) is 4.79 Å². The summed E-state index contributed by atoms with van der Waals surface area (Å²) in [6.45, 7) is 5.55. The van der Waals surface area contributed by atoms with Crippen molar-refractivity contribution in [1.29, 1.82) is 0 Å². The van der Waals surface area contributed by atoms with Gasteiger partial charge in [0.2, 0.25) is 0 Å². The number of carbonyl (C=O) groups is 1. The van der Waals surface area contributed by atoms with E-state index >= 15 is 0 Å². The van der Waals surface area contributed by atoms with E-state index in [1.165, 1.54) is 11.3 Å². The molecule has 0 aliphatic carbocycles. The Bertz CT molecular complexity index is 875. The molecule has 0 bridgehead atoms. The van der Waals surface area contributed by atoms with Gasteiger partial charge in [-0.2, -0.15) is 0 Å². The number of carbonyl (C=O) groups excluding carboxylic acids is 1. The van der Waals surface area contributed by atoms with Gasteiger partial charge in [-0.1, -0.05) is 54.6 Å². The molecular weight excluding hydrogens is 330 g/mol. The average molecular weight is 351 g/mol. The van der Waals surface area contributed by atoms with Crippen molar-refractivity contribution in [1.82, 2.24) is 0 Å². The van der Waals surface area contributed by atoms with Gasteiger partial charge in [0, 0.05) is 10.9 Å². The van der Waals surface area contributed by atoms with E-state index < -0.39 is 5.60 Å². The third-order valence-electron chi connectivity index (χ3n) is 3.73. The molecule has 1 heterocycles. The molecule has 4 heteroatoms. The predicted molar refractivity (Wildman–Crippen MR) is 105 cm³/mol. The maximum atomic E-state index is 12.5. The highest BCUT2D eigenvalue weighted by molar-refractivity contribution is 7.14. The number of benzene rings is 2. The molecule has 25 heavy (non-hydrogen) atoms. The average Bonchev–Trinajstić information content (AvgIpc) is 2.96. The topological polar surface area (TPSA) is 52.3 Å². The van der Waals surface area contributed by atoms with Crippen molar-refractivity contribution in [2.75, 3.05) is 5.73 Å². The fourth-order valence-corrected chi connectivity index (χ4v) is 3.41. The lowest BCUT2D eigenvalue weighted by Gasteiger charge is -2.20. The van der Waals surface area contributed by atoms with Crippen molar-refractivity contribution < 1.29 is 9.53 Å². The third-order valence-corrected chi connectivity index (χ3v) is 4.54. The quantitative estimate of drug-likeness (QED) is 0.623. The molecule has 128 valence electrons. The van der Waals surface area contributed by atoms with Gasteiger partial charge < -0.3 is 10.5 Å². The molecule has 0 spiro atoms. The molecular formula is C21H21NO2S. The molecule has 2 aromatic carbocycles. The van der Waals surface area contributed by atoms with Gasteiger partial charge >= 0.3 is 5.97 Å². The van der Waals surface area contributed by atoms with Crippen LogP contribution in [-0.4, -0.2) is 11.6 Å². The Kier molecular flexibility index (Phi) is 4.64. The van der Waals surface area contributed by atoms with Crippen molar-refractivity contribution in [2.24, 2.45) is 0 Å². The summed E-state index contributed by atoms with van der Waals surface area (Å²) >= 11 is 1.36. The standard InChI is InChI=1S/C21H21NO2S/c1-21(2,3)24-20(23)18-17(13-25-19(18)22)16-11-9-15(10-12-16)14-7-5-4-6-8-14/h4-13H,22H2,1-3H3. The zero-order chi connectivity index (χ0) is 18.0. The highest BCUT2D eigenvalue weighted by atomic mass is 32.1. The van der Waals surface area contributed by atoms with Crippen LogP contribution in [0.2, 0.25) is 0 Å². The van der Waals surface area contributed by atoms with E-state index in [0.29, 0.717) is 10.6 Å². The molecule has 0 unspecified atom stereocenters. The summed E-state index contributed by atoms with van der Waals surface area (Å²) in [5.41, 5.74) is 9.99. The summed E-state index contributed by atoms with van der Waals surface area (Å²) in [6.07, 6.45) is 0. The zero-order valence-corrected chi connectivity index (χ0v) is 15.4. The molecule has 3 rings (SSSR count). The number of ether oxygens (including phenoxy) is 1. The van der Waals surface area contributed by atoms with E-state index in [4.69, 9.17) is 10.5 Å². The molecule has 0 saturated heterocycles. The second-order valence-corrected chi connectivity index (χ2v) is 7.75. The van der Waals surface area contributed by atoms with Crippen LogP contribution in [0.5, 0.6) is 0 Å². The zero-order valence-electron chi connectivity index (χ0n) is 14.6. The highest BCUT2D eigenvalue weighted by Gasteiger charge is 2.24. The number of hydrogen-bond acceptors (Lipinski definition) is 4. The molecule has 0 aliphatic heterocycles. The van der Waals surface area contributed by atoms with Gasteiger partial charge in [-0.05, 0) is 37.5 Å². The van der Waals surface area contributed by atoms with Crippen molar-refractivity contribution in [2.45, 2.75) is 26.4 Å². The van der Waals surface area contributed by atoms with Gasteiger partial charge in [-0.15, -0.1) is 11.3 Å². The Morgan fingerprint density at radius 1 is 0.920 bits per heavy atom. The molecule has 0 amide bonds. The number of esters is 1. The van der Waals surface area contributed by atoms with Gasteiger partial charge in [0.15, 0.2) is 0 Å². The minimum atomic E-state index is -0.556. The smallest absolute Gasteiger partial charge is 0.342 e. The van der Waals surface area contributed by atoms with Crippen molar-refractivity contribution >= 4 is 22.3 Å². The summed E-state index contributed by atoms with van der Waals surface area (Å²) < 4.78 is 5.51. The van der Waals surface area contributed by atoms with E-state index in [1.54, 1.807) is 0 Å². The van der Waals surface area contributed by atoms with Crippen molar-refractivity contribution in [3.8, 4) is 22.3 Å². The van der Waals surface area contributed by atoms with Crippen LogP contribution in [-0.2, 0) is 4.74 Å². The maximum absolute atomic E-state index is 12.5. The molecule has 3 aromatic rings. The molecule has 0 fully saturated rings. The summed E-state index contributed by atoms with van der Waals surface area (Å²) in [6, 6.07) is 18.3. The Balaban J connectivity index is 1.94. The predicted octanol–water partition coefficient (Wildman–Crippen LogP) is 5.62. The van der Waals surface area contributed by atoms with Crippen LogP contribution >= 0.6 is 11.3 Å². The lowest BCUT2D eigenvalue weighted by Crippen LogP contribution is -2.24. The Hall–Kier alpha value is -2.59. The van der Waals surface area contributed by atoms with Crippen LogP contribution in [0.25, 0.3) is 22.3 Å². The summed E-state index contributed by atoms with van der Waals surface area (Å²) in [4.78, 5) is 12.5. The van der Waals surface area contributed by atoms with Gasteiger partial charge in [0.05, 0.1) is 0 Å². The van der Waals surface area contributed by atoms with Crippen LogP contribution in [0, 0.1) is 0 Å².